The van der Waals surface area contributed by atoms with E-state index in [4.69, 9.17) is 0 Å². The van der Waals surface area contributed by atoms with Crippen LogP contribution in [0, 0.1) is 0 Å². The maximum absolute atomic E-state index is 12.0. The van der Waals surface area contributed by atoms with Crippen LogP contribution in [-0.2, 0) is 11.4 Å². The second-order valence-electron chi connectivity index (χ2n) is 4.72. The molecule has 7 heteroatoms. The minimum atomic E-state index is -4.73. The molecule has 1 aromatic carbocycles. The minimum Gasteiger partial charge on any atom is -0.591 e. The SMILES string of the molecule is CC(C)(C)[S@@+]([O-])N=Cc1cccc(OC(F)(F)F)c1. The highest BCUT2D eigenvalue weighted by Crippen LogP contribution is 2.23. The lowest BCUT2D eigenvalue weighted by molar-refractivity contribution is -0.274. The van der Waals surface area contributed by atoms with Gasteiger partial charge in [0.05, 0.1) is 6.21 Å². The van der Waals surface area contributed by atoms with E-state index < -0.39 is 22.5 Å². The molecule has 1 atom stereocenters. The van der Waals surface area contributed by atoms with Crippen LogP contribution in [-0.4, -0.2) is 21.9 Å². The standard InChI is InChI=1S/C12H14F3NO2S/c1-11(2,3)19(17)16-8-9-5-4-6-10(7-9)18-12(13,14)15/h4-8H,1-3H3/t19-/m1/s1. The summed E-state index contributed by atoms with van der Waals surface area (Å²) < 4.78 is 54.8. The van der Waals surface area contributed by atoms with E-state index >= 15 is 0 Å². The number of hydrogen-bond donors (Lipinski definition) is 0. The third kappa shape index (κ3) is 5.98. The van der Waals surface area contributed by atoms with Crippen molar-refractivity contribution >= 4 is 17.6 Å². The molecule has 0 heterocycles. The Labute approximate surface area is 112 Å². The molecule has 0 aliphatic heterocycles. The third-order valence-electron chi connectivity index (χ3n) is 1.91. The van der Waals surface area contributed by atoms with Gasteiger partial charge in [-0.2, -0.15) is 0 Å². The summed E-state index contributed by atoms with van der Waals surface area (Å²) in [5, 5.41) is 0. The summed E-state index contributed by atoms with van der Waals surface area (Å²) in [7, 11) is 0. The number of rotatable bonds is 3. The van der Waals surface area contributed by atoms with Crippen molar-refractivity contribution in [3.05, 3.63) is 29.8 Å². The van der Waals surface area contributed by atoms with E-state index in [1.807, 2.05) is 0 Å². The first kappa shape index (κ1) is 15.8. The largest absolute Gasteiger partial charge is 0.591 e. The van der Waals surface area contributed by atoms with Crippen LogP contribution < -0.4 is 4.74 Å². The van der Waals surface area contributed by atoms with Crippen LogP contribution in [0.1, 0.15) is 26.3 Å². The van der Waals surface area contributed by atoms with Gasteiger partial charge >= 0.3 is 6.36 Å². The van der Waals surface area contributed by atoms with Gasteiger partial charge in [-0.1, -0.05) is 16.5 Å². The van der Waals surface area contributed by atoms with Crippen molar-refractivity contribution in [3.8, 4) is 5.75 Å². The highest BCUT2D eigenvalue weighted by Gasteiger charge is 2.31. The fourth-order valence-corrected chi connectivity index (χ4v) is 1.59. The molecule has 0 saturated carbocycles. The van der Waals surface area contributed by atoms with Crippen molar-refractivity contribution in [2.45, 2.75) is 31.9 Å². The van der Waals surface area contributed by atoms with Gasteiger partial charge in [-0.05, 0) is 32.9 Å². The lowest BCUT2D eigenvalue weighted by atomic mass is 10.2. The first-order valence-corrected chi connectivity index (χ1v) is 6.50. The second-order valence-corrected chi connectivity index (χ2v) is 6.65. The third-order valence-corrected chi connectivity index (χ3v) is 3.26. The molecule has 0 saturated heterocycles. The summed E-state index contributed by atoms with van der Waals surface area (Å²) in [4.78, 5) is 0. The van der Waals surface area contributed by atoms with Gasteiger partial charge < -0.3 is 9.29 Å². The summed E-state index contributed by atoms with van der Waals surface area (Å²) in [6.07, 6.45) is -3.46. The van der Waals surface area contributed by atoms with Crippen LogP contribution >= 0.6 is 0 Å². The summed E-state index contributed by atoms with van der Waals surface area (Å²) in [5.41, 5.74) is 0.388. The van der Waals surface area contributed by atoms with Crippen molar-refractivity contribution in [1.29, 1.82) is 0 Å². The van der Waals surface area contributed by atoms with Crippen LogP contribution in [0.5, 0.6) is 5.75 Å². The van der Waals surface area contributed by atoms with Crippen molar-refractivity contribution in [1.82, 2.24) is 0 Å². The molecule has 0 unspecified atom stereocenters. The van der Waals surface area contributed by atoms with Crippen LogP contribution in [0.3, 0.4) is 0 Å². The molecule has 0 spiro atoms. The normalized spacial score (nSPS) is 14.7. The number of hydrogen-bond acceptors (Lipinski definition) is 3. The Bertz CT molecular complexity index is 455. The molecule has 1 rings (SSSR count). The summed E-state index contributed by atoms with van der Waals surface area (Å²) >= 11 is -1.46. The zero-order valence-corrected chi connectivity index (χ0v) is 11.5. The van der Waals surface area contributed by atoms with Crippen molar-refractivity contribution < 1.29 is 22.5 Å². The Morgan fingerprint density at radius 3 is 2.42 bits per heavy atom. The van der Waals surface area contributed by atoms with Crippen molar-refractivity contribution in [2.24, 2.45) is 4.40 Å². The Balaban J connectivity index is 2.80. The maximum atomic E-state index is 12.0. The number of ether oxygens (including phenoxy) is 1. The average molecular weight is 293 g/mol. The quantitative estimate of drug-likeness (QED) is 0.632. The topological polar surface area (TPSA) is 44.7 Å². The number of halogens is 3. The van der Waals surface area contributed by atoms with Gasteiger partial charge in [0.25, 0.3) is 0 Å². The van der Waals surface area contributed by atoms with Gasteiger partial charge in [0, 0.05) is 5.56 Å². The van der Waals surface area contributed by atoms with Gasteiger partial charge in [-0.3, -0.25) is 0 Å². The van der Waals surface area contributed by atoms with E-state index in [2.05, 4.69) is 9.13 Å². The molecule has 19 heavy (non-hydrogen) atoms. The Kier molecular flexibility index (Phi) is 4.86. The zero-order chi connectivity index (χ0) is 14.7. The van der Waals surface area contributed by atoms with Crippen molar-refractivity contribution in [2.75, 3.05) is 0 Å². The number of alkyl halides is 3. The lowest BCUT2D eigenvalue weighted by Gasteiger charge is -2.17. The molecule has 0 aliphatic carbocycles. The average Bonchev–Trinajstić information content (AvgIpc) is 2.22. The fourth-order valence-electron chi connectivity index (χ4n) is 1.06. The van der Waals surface area contributed by atoms with Crippen LogP contribution in [0.4, 0.5) is 13.2 Å². The Hall–Kier alpha value is -1.21. The van der Waals surface area contributed by atoms with Crippen LogP contribution in [0.25, 0.3) is 0 Å². The Morgan fingerprint density at radius 2 is 1.89 bits per heavy atom. The molecule has 0 aliphatic rings. The Morgan fingerprint density at radius 1 is 1.26 bits per heavy atom. The molecule has 0 bridgehead atoms. The molecular formula is C12H14F3NO2S. The molecule has 0 radical (unpaired) electrons. The first-order valence-electron chi connectivity index (χ1n) is 5.40. The molecule has 1 aromatic rings. The molecule has 3 nitrogen and oxygen atoms in total. The molecule has 0 amide bonds. The van der Waals surface area contributed by atoms with E-state index in [0.717, 1.165) is 0 Å². The van der Waals surface area contributed by atoms with Crippen LogP contribution in [0.2, 0.25) is 0 Å². The molecular weight excluding hydrogens is 279 g/mol. The van der Waals surface area contributed by atoms with E-state index in [0.29, 0.717) is 5.56 Å². The van der Waals surface area contributed by atoms with E-state index in [1.165, 1.54) is 24.4 Å². The molecule has 0 fully saturated rings. The van der Waals surface area contributed by atoms with E-state index in [1.54, 1.807) is 26.8 Å². The molecule has 106 valence electrons. The summed E-state index contributed by atoms with van der Waals surface area (Å²) in [5.74, 6) is -0.335. The smallest absolute Gasteiger partial charge is 0.573 e. The zero-order valence-electron chi connectivity index (χ0n) is 10.7. The van der Waals surface area contributed by atoms with E-state index in [9.17, 15) is 17.7 Å². The monoisotopic (exact) mass is 293 g/mol. The summed E-state index contributed by atoms with van der Waals surface area (Å²) in [6.45, 7) is 5.26. The van der Waals surface area contributed by atoms with Gasteiger partial charge in [-0.25, -0.2) is 0 Å². The molecule has 0 N–H and O–H groups in total. The van der Waals surface area contributed by atoms with E-state index in [-0.39, 0.29) is 5.75 Å². The minimum absolute atomic E-state index is 0.335. The highest BCUT2D eigenvalue weighted by molar-refractivity contribution is 7.91. The molecule has 0 aromatic heterocycles. The maximum Gasteiger partial charge on any atom is 0.573 e. The predicted octanol–water partition coefficient (Wildman–Crippen LogP) is 3.47. The first-order chi connectivity index (χ1) is 8.58. The van der Waals surface area contributed by atoms with Gasteiger partial charge in [0.2, 0.25) is 0 Å². The van der Waals surface area contributed by atoms with Gasteiger partial charge in [-0.15, -0.1) is 13.2 Å². The predicted molar refractivity (Wildman–Crippen MR) is 68.6 cm³/mol. The van der Waals surface area contributed by atoms with Gasteiger partial charge in [0.15, 0.2) is 0 Å². The highest BCUT2D eigenvalue weighted by atomic mass is 32.2. The lowest BCUT2D eigenvalue weighted by Crippen LogP contribution is -2.25. The van der Waals surface area contributed by atoms with Gasteiger partial charge in [0.1, 0.15) is 21.9 Å². The second kappa shape index (κ2) is 5.83. The van der Waals surface area contributed by atoms with Crippen LogP contribution in [0.15, 0.2) is 28.7 Å². The van der Waals surface area contributed by atoms with Crippen molar-refractivity contribution in [3.63, 3.8) is 0 Å². The number of benzene rings is 1. The summed E-state index contributed by atoms with van der Waals surface area (Å²) in [6, 6.07) is 5.32. The number of nitrogens with zero attached hydrogens (tertiary/aromatic N) is 1. The fraction of sp³-hybridized carbons (Fsp3) is 0.417.